The fraction of sp³-hybridized carbons (Fsp3) is 0.250. The van der Waals surface area contributed by atoms with Gasteiger partial charge in [0.1, 0.15) is 5.54 Å². The van der Waals surface area contributed by atoms with E-state index < -0.39 is 5.54 Å². The van der Waals surface area contributed by atoms with Crippen molar-refractivity contribution in [1.29, 1.82) is 0 Å². The third-order valence-electron chi connectivity index (χ3n) is 3.53. The monoisotopic (exact) mass is 285 g/mol. The average Bonchev–Trinajstić information content (AvgIpc) is 2.45. The molecule has 5 nitrogen and oxygen atoms in total. The lowest BCUT2D eigenvalue weighted by Gasteiger charge is -2.24. The SMILES string of the molecule is Cc1cc(=O)n(C)cc1NC(=O)C(C)(N)c1ccccc1. The molecule has 0 aliphatic heterocycles. The zero-order valence-electron chi connectivity index (χ0n) is 12.4. The van der Waals surface area contributed by atoms with Gasteiger partial charge in [-0.05, 0) is 25.0 Å². The second-order valence-corrected chi connectivity index (χ2v) is 5.34. The Morgan fingerprint density at radius 1 is 1.29 bits per heavy atom. The highest BCUT2D eigenvalue weighted by atomic mass is 16.2. The van der Waals surface area contributed by atoms with Gasteiger partial charge in [-0.3, -0.25) is 9.59 Å². The van der Waals surface area contributed by atoms with Crippen molar-refractivity contribution in [3.8, 4) is 0 Å². The molecule has 1 atom stereocenters. The van der Waals surface area contributed by atoms with Gasteiger partial charge in [-0.25, -0.2) is 0 Å². The molecule has 110 valence electrons. The summed E-state index contributed by atoms with van der Waals surface area (Å²) in [6.07, 6.45) is 1.59. The van der Waals surface area contributed by atoms with Gasteiger partial charge < -0.3 is 15.6 Å². The minimum absolute atomic E-state index is 0.121. The molecule has 2 aromatic rings. The number of aryl methyl sites for hydroxylation is 2. The normalized spacial score (nSPS) is 13.5. The van der Waals surface area contributed by atoms with E-state index in [0.29, 0.717) is 11.3 Å². The second kappa shape index (κ2) is 5.54. The Morgan fingerprint density at radius 2 is 1.90 bits per heavy atom. The molecule has 1 aromatic carbocycles. The minimum Gasteiger partial charge on any atom is -0.323 e. The van der Waals surface area contributed by atoms with E-state index in [2.05, 4.69) is 5.32 Å². The quantitative estimate of drug-likeness (QED) is 0.897. The first-order chi connectivity index (χ1) is 9.82. The van der Waals surface area contributed by atoms with Gasteiger partial charge in [-0.1, -0.05) is 30.3 Å². The van der Waals surface area contributed by atoms with E-state index in [0.717, 1.165) is 5.56 Å². The summed E-state index contributed by atoms with van der Waals surface area (Å²) >= 11 is 0. The van der Waals surface area contributed by atoms with Crippen molar-refractivity contribution in [2.24, 2.45) is 12.8 Å². The smallest absolute Gasteiger partial charge is 0.250 e. The zero-order chi connectivity index (χ0) is 15.6. The lowest BCUT2D eigenvalue weighted by molar-refractivity contribution is -0.120. The number of rotatable bonds is 3. The molecule has 3 N–H and O–H groups in total. The number of pyridine rings is 1. The molecule has 2 rings (SSSR count). The van der Waals surface area contributed by atoms with Crippen LogP contribution in [0, 0.1) is 6.92 Å². The first-order valence-electron chi connectivity index (χ1n) is 6.65. The highest BCUT2D eigenvalue weighted by Gasteiger charge is 2.30. The summed E-state index contributed by atoms with van der Waals surface area (Å²) in [5.41, 5.74) is 6.90. The predicted molar refractivity (Wildman–Crippen MR) is 83.0 cm³/mol. The summed E-state index contributed by atoms with van der Waals surface area (Å²) < 4.78 is 1.42. The van der Waals surface area contributed by atoms with Crippen LogP contribution in [0.2, 0.25) is 0 Å². The number of hydrogen-bond donors (Lipinski definition) is 2. The Bertz CT molecular complexity index is 718. The average molecular weight is 285 g/mol. The van der Waals surface area contributed by atoms with Crippen molar-refractivity contribution < 1.29 is 4.79 Å². The van der Waals surface area contributed by atoms with E-state index >= 15 is 0 Å². The molecule has 0 saturated carbocycles. The molecule has 0 bridgehead atoms. The molecule has 5 heteroatoms. The van der Waals surface area contributed by atoms with Crippen LogP contribution in [0.25, 0.3) is 0 Å². The number of nitrogens with two attached hydrogens (primary N) is 1. The number of anilines is 1. The summed E-state index contributed by atoms with van der Waals surface area (Å²) in [6, 6.07) is 10.7. The molecule has 0 saturated heterocycles. The Hall–Kier alpha value is -2.40. The van der Waals surface area contributed by atoms with Crippen LogP contribution >= 0.6 is 0 Å². The molecule has 0 radical (unpaired) electrons. The molecule has 0 spiro atoms. The number of hydrogen-bond acceptors (Lipinski definition) is 3. The first-order valence-corrected chi connectivity index (χ1v) is 6.65. The fourth-order valence-electron chi connectivity index (χ4n) is 2.02. The van der Waals surface area contributed by atoms with E-state index in [1.54, 1.807) is 27.1 Å². The van der Waals surface area contributed by atoms with Crippen molar-refractivity contribution in [1.82, 2.24) is 4.57 Å². The van der Waals surface area contributed by atoms with Gasteiger partial charge >= 0.3 is 0 Å². The third kappa shape index (κ3) is 3.03. The summed E-state index contributed by atoms with van der Waals surface area (Å²) in [4.78, 5) is 24.0. The minimum atomic E-state index is -1.15. The van der Waals surface area contributed by atoms with Gasteiger partial charge in [0, 0.05) is 19.3 Å². The maximum absolute atomic E-state index is 12.5. The molecular formula is C16H19N3O2. The molecule has 1 amide bonds. The van der Waals surface area contributed by atoms with E-state index in [9.17, 15) is 9.59 Å². The summed E-state index contributed by atoms with van der Waals surface area (Å²) in [5.74, 6) is -0.324. The molecule has 1 heterocycles. The largest absolute Gasteiger partial charge is 0.323 e. The maximum Gasteiger partial charge on any atom is 0.250 e. The van der Waals surface area contributed by atoms with Crippen LogP contribution in [0.1, 0.15) is 18.1 Å². The third-order valence-corrected chi connectivity index (χ3v) is 3.53. The molecule has 0 aliphatic carbocycles. The molecule has 0 fully saturated rings. The summed E-state index contributed by atoms with van der Waals surface area (Å²) in [6.45, 7) is 3.43. The van der Waals surface area contributed by atoms with Crippen LogP contribution in [0.4, 0.5) is 5.69 Å². The summed E-state index contributed by atoms with van der Waals surface area (Å²) in [7, 11) is 1.64. The Kier molecular flexibility index (Phi) is 3.95. The Morgan fingerprint density at radius 3 is 2.52 bits per heavy atom. The number of aromatic nitrogens is 1. The standard InChI is InChI=1S/C16H19N3O2/c1-11-9-14(20)19(3)10-13(11)18-15(21)16(2,17)12-7-5-4-6-8-12/h4-10H,17H2,1-3H3,(H,18,21). The first kappa shape index (κ1) is 15.0. The molecule has 1 aromatic heterocycles. The molecular weight excluding hydrogens is 266 g/mol. The Labute approximate surface area is 123 Å². The second-order valence-electron chi connectivity index (χ2n) is 5.34. The van der Waals surface area contributed by atoms with E-state index in [1.807, 2.05) is 30.3 Å². The van der Waals surface area contributed by atoms with Gasteiger partial charge in [-0.15, -0.1) is 0 Å². The lowest BCUT2D eigenvalue weighted by Crippen LogP contribution is -2.45. The van der Waals surface area contributed by atoms with Crippen LogP contribution < -0.4 is 16.6 Å². The maximum atomic E-state index is 12.5. The van der Waals surface area contributed by atoms with Gasteiger partial charge in [-0.2, -0.15) is 0 Å². The number of nitrogens with zero attached hydrogens (tertiary/aromatic N) is 1. The molecule has 0 aliphatic rings. The zero-order valence-corrected chi connectivity index (χ0v) is 12.4. The highest BCUT2D eigenvalue weighted by Crippen LogP contribution is 2.20. The van der Waals surface area contributed by atoms with Crippen LogP contribution in [0.3, 0.4) is 0 Å². The van der Waals surface area contributed by atoms with Crippen molar-refractivity contribution in [3.05, 3.63) is 64.1 Å². The number of carbonyl (C=O) groups excluding carboxylic acids is 1. The number of amides is 1. The summed E-state index contributed by atoms with van der Waals surface area (Å²) in [5, 5.41) is 2.79. The number of carbonyl (C=O) groups is 1. The van der Waals surface area contributed by atoms with Gasteiger partial charge in [0.05, 0.1) is 5.69 Å². The Balaban J connectivity index is 2.30. The predicted octanol–water partition coefficient (Wildman–Crippen LogP) is 1.51. The number of nitrogens with one attached hydrogen (secondary N) is 1. The van der Waals surface area contributed by atoms with Crippen LogP contribution in [0.15, 0.2) is 47.4 Å². The van der Waals surface area contributed by atoms with Gasteiger partial charge in [0.15, 0.2) is 0 Å². The van der Waals surface area contributed by atoms with E-state index in [1.165, 1.54) is 10.6 Å². The van der Waals surface area contributed by atoms with Crippen molar-refractivity contribution in [2.75, 3.05) is 5.32 Å². The lowest BCUT2D eigenvalue weighted by atomic mass is 9.92. The number of benzene rings is 1. The highest BCUT2D eigenvalue weighted by molar-refractivity contribution is 5.98. The molecule has 1 unspecified atom stereocenters. The van der Waals surface area contributed by atoms with Crippen molar-refractivity contribution in [3.63, 3.8) is 0 Å². The van der Waals surface area contributed by atoms with Crippen LogP contribution in [-0.2, 0) is 17.4 Å². The van der Waals surface area contributed by atoms with Crippen LogP contribution in [-0.4, -0.2) is 10.5 Å². The van der Waals surface area contributed by atoms with E-state index in [-0.39, 0.29) is 11.5 Å². The van der Waals surface area contributed by atoms with Crippen molar-refractivity contribution >= 4 is 11.6 Å². The topological polar surface area (TPSA) is 77.1 Å². The van der Waals surface area contributed by atoms with Gasteiger partial charge in [0.2, 0.25) is 5.91 Å². The fourth-order valence-corrected chi connectivity index (χ4v) is 2.02. The van der Waals surface area contributed by atoms with Crippen LogP contribution in [0.5, 0.6) is 0 Å². The molecule has 21 heavy (non-hydrogen) atoms. The van der Waals surface area contributed by atoms with Crippen molar-refractivity contribution in [2.45, 2.75) is 19.4 Å². The van der Waals surface area contributed by atoms with Gasteiger partial charge in [0.25, 0.3) is 5.56 Å². The van der Waals surface area contributed by atoms with E-state index in [4.69, 9.17) is 5.73 Å².